The van der Waals surface area contributed by atoms with Gasteiger partial charge in [-0.05, 0) is 50.7 Å². The molecule has 0 N–H and O–H groups in total. The molecule has 6 nitrogen and oxygen atoms in total. The fraction of sp³-hybridized carbons (Fsp3) is 0.636. The minimum Gasteiger partial charge on any atom is -0.453 e. The normalized spacial score (nSPS) is 16.4. The van der Waals surface area contributed by atoms with Crippen molar-refractivity contribution in [1.82, 2.24) is 9.80 Å². The summed E-state index contributed by atoms with van der Waals surface area (Å²) in [5.41, 5.74) is 2.17. The van der Waals surface area contributed by atoms with Gasteiger partial charge in [-0.15, -0.1) is 0 Å². The van der Waals surface area contributed by atoms with Gasteiger partial charge in [-0.1, -0.05) is 178 Å². The van der Waals surface area contributed by atoms with Gasteiger partial charge in [-0.3, -0.25) is 19.4 Å². The van der Waals surface area contributed by atoms with E-state index in [0.29, 0.717) is 43.1 Å². The molecule has 10 heteroatoms. The molecule has 0 radical (unpaired) electrons. The Hall–Kier alpha value is -2.14. The molecule has 4 rings (SSSR count). The molecule has 0 bridgehead atoms. The summed E-state index contributed by atoms with van der Waals surface area (Å²) in [6.45, 7) is 10.2. The van der Waals surface area contributed by atoms with E-state index in [0.717, 1.165) is 86.9 Å². The third kappa shape index (κ3) is 13.5. The monoisotopic (exact) mass is 812 g/mol. The van der Waals surface area contributed by atoms with Crippen molar-refractivity contribution in [2.24, 2.45) is 0 Å². The Labute approximate surface area is 345 Å². The maximum absolute atomic E-state index is 13.5. The quantitative estimate of drug-likeness (QED) is 0.0502. The van der Waals surface area contributed by atoms with Crippen LogP contribution in [0.1, 0.15) is 179 Å². The third-order valence-corrected chi connectivity index (χ3v) is 13.0. The van der Waals surface area contributed by atoms with Crippen LogP contribution in [0.4, 0.5) is 0 Å². The third-order valence-electron chi connectivity index (χ3n) is 10.2. The van der Waals surface area contributed by atoms with Crippen LogP contribution in [0.25, 0.3) is 23.7 Å². The predicted octanol–water partition coefficient (Wildman–Crippen LogP) is 13.9. The Morgan fingerprint density at radius 1 is 0.519 bits per heavy atom. The minimum absolute atomic E-state index is 0.0355. The second-order valence-corrected chi connectivity index (χ2v) is 18.2. The summed E-state index contributed by atoms with van der Waals surface area (Å²) in [6.07, 6.45) is 28.5. The van der Waals surface area contributed by atoms with Crippen molar-refractivity contribution in [3.63, 3.8) is 0 Å². The van der Waals surface area contributed by atoms with E-state index in [1.165, 1.54) is 101 Å². The summed E-state index contributed by atoms with van der Waals surface area (Å²) in [5, 5.41) is 0. The number of furan rings is 2. The zero-order valence-corrected chi connectivity index (χ0v) is 36.7. The van der Waals surface area contributed by atoms with Crippen LogP contribution in [0, 0.1) is 0 Å². The molecular weight excluding hydrogens is 749 g/mol. The van der Waals surface area contributed by atoms with Crippen LogP contribution >= 0.6 is 48.0 Å². The zero-order chi connectivity index (χ0) is 38.7. The van der Waals surface area contributed by atoms with Gasteiger partial charge >= 0.3 is 0 Å². The van der Waals surface area contributed by atoms with Crippen molar-refractivity contribution in [1.29, 1.82) is 0 Å². The highest BCUT2D eigenvalue weighted by Crippen LogP contribution is 2.40. The Bertz CT molecular complexity index is 1470. The molecule has 0 aromatic carbocycles. The molecule has 0 unspecified atom stereocenters. The number of thiocarbonyl (C=S) groups is 2. The van der Waals surface area contributed by atoms with Gasteiger partial charge in [0.1, 0.15) is 20.2 Å². The standard InChI is InChI=1S/C44H64N2O4S4/c1-5-9-13-17-19-23-27-45-41(47)37(53-43(45)51)31-35-29-33(25-21-15-11-7-3)39(49-35)40-34(26-22-16-12-8-4)30-36(50-40)32-38-42(48)46(44(52)54-38)28-24-20-18-14-10-6-2/h29-32H,5-28H2,1-4H3/b37-31-,38-32-. The van der Waals surface area contributed by atoms with E-state index in [9.17, 15) is 9.59 Å². The van der Waals surface area contributed by atoms with Gasteiger partial charge in [0.15, 0.2) is 11.5 Å². The summed E-state index contributed by atoms with van der Waals surface area (Å²) in [6, 6.07) is 4.16. The van der Waals surface area contributed by atoms with Gasteiger partial charge in [-0.2, -0.15) is 0 Å². The van der Waals surface area contributed by atoms with Crippen LogP contribution in [-0.4, -0.2) is 43.3 Å². The molecule has 2 aromatic rings. The van der Waals surface area contributed by atoms with Crippen molar-refractivity contribution in [3.8, 4) is 11.5 Å². The van der Waals surface area contributed by atoms with Crippen LogP contribution in [0.2, 0.25) is 0 Å². The van der Waals surface area contributed by atoms with Gasteiger partial charge in [0.2, 0.25) is 0 Å². The number of aryl methyl sites for hydroxylation is 2. The van der Waals surface area contributed by atoms with Crippen LogP contribution in [-0.2, 0) is 22.4 Å². The largest absolute Gasteiger partial charge is 0.453 e. The smallest absolute Gasteiger partial charge is 0.266 e. The maximum Gasteiger partial charge on any atom is 0.266 e. The molecule has 4 heterocycles. The first kappa shape index (κ1) is 44.6. The molecule has 2 fully saturated rings. The number of carbonyl (C=O) groups is 2. The fourth-order valence-corrected chi connectivity index (χ4v) is 9.60. The summed E-state index contributed by atoms with van der Waals surface area (Å²) in [4.78, 5) is 31.7. The molecule has 54 heavy (non-hydrogen) atoms. The Morgan fingerprint density at radius 2 is 0.852 bits per heavy atom. The Balaban J connectivity index is 1.58. The molecule has 298 valence electrons. The van der Waals surface area contributed by atoms with E-state index in [4.69, 9.17) is 33.3 Å². The van der Waals surface area contributed by atoms with E-state index in [1.807, 2.05) is 12.2 Å². The van der Waals surface area contributed by atoms with Crippen molar-refractivity contribution in [3.05, 3.63) is 44.6 Å². The maximum atomic E-state index is 13.5. The van der Waals surface area contributed by atoms with E-state index in [2.05, 4.69) is 39.8 Å². The van der Waals surface area contributed by atoms with Crippen molar-refractivity contribution < 1.29 is 18.4 Å². The second-order valence-electron chi connectivity index (χ2n) is 14.8. The SMILES string of the molecule is CCCCCCCCN1C(=O)/C(=C/c2cc(CCCCCC)c(-c3oc(/C=C4\SC(=S)N(CCCCCCCC)C4=O)cc3CCCCCC)o2)SC1=S. The van der Waals surface area contributed by atoms with E-state index in [-0.39, 0.29) is 11.8 Å². The van der Waals surface area contributed by atoms with Crippen LogP contribution < -0.4 is 0 Å². The molecule has 0 atom stereocenters. The predicted molar refractivity (Wildman–Crippen MR) is 239 cm³/mol. The van der Waals surface area contributed by atoms with Crippen LogP contribution in [0.5, 0.6) is 0 Å². The second kappa shape index (κ2) is 24.5. The number of thioether (sulfide) groups is 2. The topological polar surface area (TPSA) is 66.9 Å². The average Bonchev–Trinajstić information content (AvgIpc) is 3.89. The first-order valence-electron chi connectivity index (χ1n) is 21.1. The van der Waals surface area contributed by atoms with Gasteiger partial charge < -0.3 is 8.83 Å². The highest BCUT2D eigenvalue weighted by atomic mass is 32.2. The molecule has 2 aliphatic rings. The Morgan fingerprint density at radius 3 is 1.22 bits per heavy atom. The molecule has 0 spiro atoms. The first-order chi connectivity index (χ1) is 26.3. The molecule has 2 aliphatic heterocycles. The van der Waals surface area contributed by atoms with Crippen molar-refractivity contribution in [2.75, 3.05) is 13.1 Å². The van der Waals surface area contributed by atoms with Gasteiger partial charge in [0, 0.05) is 36.4 Å². The fourth-order valence-electron chi connectivity index (χ4n) is 7.03. The molecule has 2 amide bonds. The summed E-state index contributed by atoms with van der Waals surface area (Å²) >= 11 is 14.0. The molecule has 2 aromatic heterocycles. The van der Waals surface area contributed by atoms with Gasteiger partial charge in [0.25, 0.3) is 11.8 Å². The molecular formula is C44H64N2O4S4. The lowest BCUT2D eigenvalue weighted by Gasteiger charge is -2.13. The van der Waals surface area contributed by atoms with Crippen molar-refractivity contribution in [2.45, 2.75) is 169 Å². The lowest BCUT2D eigenvalue weighted by Crippen LogP contribution is -2.29. The number of hydrogen-bond acceptors (Lipinski definition) is 8. The summed E-state index contributed by atoms with van der Waals surface area (Å²) in [5.74, 6) is 2.66. The van der Waals surface area contributed by atoms with E-state index in [1.54, 1.807) is 9.80 Å². The minimum atomic E-state index is -0.0355. The van der Waals surface area contributed by atoms with Gasteiger partial charge in [0.05, 0.1) is 9.81 Å². The number of nitrogens with zero attached hydrogens (tertiary/aromatic N) is 2. The summed E-state index contributed by atoms with van der Waals surface area (Å²) in [7, 11) is 0. The van der Waals surface area contributed by atoms with Crippen molar-refractivity contribution >= 4 is 80.6 Å². The van der Waals surface area contributed by atoms with E-state index < -0.39 is 0 Å². The number of rotatable bonds is 27. The number of hydrogen-bond donors (Lipinski definition) is 0. The molecule has 0 aliphatic carbocycles. The highest BCUT2D eigenvalue weighted by molar-refractivity contribution is 8.27. The molecule has 0 saturated carbocycles. The summed E-state index contributed by atoms with van der Waals surface area (Å²) < 4.78 is 14.5. The lowest BCUT2D eigenvalue weighted by atomic mass is 10.0. The van der Waals surface area contributed by atoms with E-state index >= 15 is 0 Å². The number of carbonyl (C=O) groups excluding carboxylic acids is 2. The highest BCUT2D eigenvalue weighted by Gasteiger charge is 2.33. The lowest BCUT2D eigenvalue weighted by molar-refractivity contribution is -0.123. The van der Waals surface area contributed by atoms with Gasteiger partial charge in [-0.25, -0.2) is 0 Å². The van der Waals surface area contributed by atoms with Crippen LogP contribution in [0.15, 0.2) is 30.8 Å². The molecule has 2 saturated heterocycles. The number of unbranched alkanes of at least 4 members (excludes halogenated alkanes) is 16. The first-order valence-corrected chi connectivity index (χ1v) is 23.5. The number of amides is 2. The van der Waals surface area contributed by atoms with Crippen LogP contribution in [0.3, 0.4) is 0 Å². The Kier molecular flexibility index (Phi) is 20.2. The average molecular weight is 813 g/mol. The zero-order valence-electron chi connectivity index (χ0n) is 33.4.